The van der Waals surface area contributed by atoms with E-state index in [1.54, 1.807) is 30.3 Å². The Labute approximate surface area is 563 Å². The van der Waals surface area contributed by atoms with E-state index in [1.807, 2.05) is 58.0 Å². The van der Waals surface area contributed by atoms with Crippen molar-refractivity contribution in [3.63, 3.8) is 0 Å². The number of thioether (sulfide) groups is 1. The van der Waals surface area contributed by atoms with Crippen LogP contribution in [0.2, 0.25) is 5.02 Å². The van der Waals surface area contributed by atoms with Gasteiger partial charge in [0, 0.05) is 108 Å². The van der Waals surface area contributed by atoms with Gasteiger partial charge in [0.1, 0.15) is 23.9 Å². The predicted octanol–water partition coefficient (Wildman–Crippen LogP) is 14.4. The lowest BCUT2D eigenvalue weighted by Gasteiger charge is -2.23. The molecule has 0 heterocycles. The minimum absolute atomic E-state index is 0.0758. The highest BCUT2D eigenvalue weighted by atomic mass is 35.5. The number of sulfone groups is 1. The number of nitrogens with zero attached hydrogens (tertiary/aromatic N) is 7. The van der Waals surface area contributed by atoms with Crippen molar-refractivity contribution < 1.29 is 65.9 Å². The molecule has 0 aliphatic carbocycles. The van der Waals surface area contributed by atoms with Gasteiger partial charge in [-0.25, -0.2) is 22.8 Å². The Morgan fingerprint density at radius 3 is 1.65 bits per heavy atom. The molecule has 3 N–H and O–H groups in total. The molecule has 0 saturated heterocycles. The van der Waals surface area contributed by atoms with Gasteiger partial charge in [-0.15, -0.1) is 11.8 Å². The largest absolute Gasteiger partial charge is 0.513 e. The summed E-state index contributed by atoms with van der Waals surface area (Å²) in [4.78, 5) is 94.6. The van der Waals surface area contributed by atoms with Crippen LogP contribution in [0.25, 0.3) is 0 Å². The number of carbonyl (C=O) groups is 5. The maximum atomic E-state index is 13.8. The molecule has 0 bridgehead atoms. The van der Waals surface area contributed by atoms with Crippen molar-refractivity contribution in [2.45, 2.75) is 71.6 Å². The summed E-state index contributed by atoms with van der Waals surface area (Å²) in [5, 5.41) is 49.5. The fourth-order valence-corrected chi connectivity index (χ4v) is 11.8. The van der Waals surface area contributed by atoms with Gasteiger partial charge in [0.2, 0.25) is 0 Å². The normalized spacial score (nSPS) is 10.6. The van der Waals surface area contributed by atoms with Crippen LogP contribution in [0.3, 0.4) is 0 Å². The Morgan fingerprint density at radius 2 is 1.16 bits per heavy atom. The molecule has 96 heavy (non-hydrogen) atoms. The van der Waals surface area contributed by atoms with Gasteiger partial charge in [0.15, 0.2) is 15.6 Å². The molecule has 4 amide bonds. The molecule has 0 spiro atoms. The van der Waals surface area contributed by atoms with E-state index in [4.69, 9.17) is 45.8 Å². The zero-order valence-corrected chi connectivity index (χ0v) is 56.4. The fourth-order valence-electron chi connectivity index (χ4n) is 9.52. The summed E-state index contributed by atoms with van der Waals surface area (Å²) in [5.41, 5.74) is 4.17. The van der Waals surface area contributed by atoms with Gasteiger partial charge < -0.3 is 43.7 Å². The molecule has 7 aromatic carbocycles. The third-order valence-corrected chi connectivity index (χ3v) is 17.5. The number of ether oxygens (including phenoxy) is 5. The molecular formula is C67H69ClN10O16S2. The van der Waals surface area contributed by atoms with Crippen LogP contribution >= 0.6 is 23.4 Å². The van der Waals surface area contributed by atoms with Gasteiger partial charge in [-0.2, -0.15) is 10.5 Å². The lowest BCUT2D eigenvalue weighted by Crippen LogP contribution is -2.28. The number of halogens is 1. The van der Waals surface area contributed by atoms with Crippen LogP contribution in [0.15, 0.2) is 131 Å². The number of hydrogen-bond donors (Lipinski definition) is 3. The zero-order chi connectivity index (χ0) is 70.6. The summed E-state index contributed by atoms with van der Waals surface area (Å²) < 4.78 is 52.0. The van der Waals surface area contributed by atoms with E-state index in [-0.39, 0.29) is 67.1 Å². The van der Waals surface area contributed by atoms with Crippen molar-refractivity contribution in [1.82, 2.24) is 0 Å². The number of benzene rings is 7. The van der Waals surface area contributed by atoms with E-state index >= 15 is 0 Å². The highest BCUT2D eigenvalue weighted by Crippen LogP contribution is 2.38. The molecule has 29 heteroatoms. The quantitative estimate of drug-likeness (QED) is 0.0119. The number of nitro benzene ring substituents is 2. The third kappa shape index (κ3) is 19.6. The molecule has 7 aromatic rings. The highest BCUT2D eigenvalue weighted by Gasteiger charge is 2.29. The third-order valence-electron chi connectivity index (χ3n) is 14.6. The van der Waals surface area contributed by atoms with Crippen molar-refractivity contribution in [1.29, 1.82) is 10.5 Å². The first-order chi connectivity index (χ1) is 45.7. The lowest BCUT2D eigenvalue weighted by atomic mass is 10.1. The van der Waals surface area contributed by atoms with Crippen molar-refractivity contribution >= 4 is 109 Å². The van der Waals surface area contributed by atoms with E-state index in [0.29, 0.717) is 39.2 Å². The molecule has 26 nitrogen and oxygen atoms in total. The predicted molar refractivity (Wildman–Crippen MR) is 366 cm³/mol. The minimum Gasteiger partial charge on any atom is -0.497 e. The molecule has 0 saturated carbocycles. The topological polar surface area (TPSA) is 345 Å². The summed E-state index contributed by atoms with van der Waals surface area (Å²) in [5.74, 6) is -2.17. The molecule has 0 aliphatic rings. The molecule has 0 fully saturated rings. The summed E-state index contributed by atoms with van der Waals surface area (Å²) >= 11 is 7.54. The lowest BCUT2D eigenvalue weighted by molar-refractivity contribution is -0.385. The van der Waals surface area contributed by atoms with E-state index < -0.39 is 67.9 Å². The summed E-state index contributed by atoms with van der Waals surface area (Å²) in [6, 6.07) is 33.6. The van der Waals surface area contributed by atoms with E-state index in [0.717, 1.165) is 66.9 Å². The number of non-ortho nitro benzene ring substituents is 2. The number of aryl methyl sites for hydroxylation is 4. The summed E-state index contributed by atoms with van der Waals surface area (Å²) in [7, 11) is -1.03. The first-order valence-corrected chi connectivity index (χ1v) is 32.6. The van der Waals surface area contributed by atoms with Crippen LogP contribution in [0.4, 0.5) is 59.9 Å². The molecule has 0 aromatic heterocycles. The Bertz CT molecular complexity index is 4290. The average molecular weight is 1370 g/mol. The van der Waals surface area contributed by atoms with E-state index in [9.17, 15) is 52.6 Å². The smallest absolute Gasteiger partial charge is 0.497 e. The molecule has 0 atom stereocenters. The van der Waals surface area contributed by atoms with Crippen LogP contribution in [0.1, 0.15) is 82.6 Å². The number of methoxy groups -OCH3 is 1. The molecule has 502 valence electrons. The second-order valence-electron chi connectivity index (χ2n) is 20.9. The number of hydrogen-bond acceptors (Lipinski definition) is 21. The standard InChI is InChI=1S/C37H37N5O11S.C30H32ClN5O5S/c1-6-41(7-2)26-10-14-31(23(3)18-26)40-36(44)53-34-24(4)19-27(42(46)47)20-30(34)35(43)39-32-15-11-28(50-5)21-33(32)52-37(45)51-16-17-54(48,49)29-12-8-25(22-38)9-13-29;1-6-35(7-2)22-10-11-25(19(3)15-22)33-30(38)41-28-20(4)16-23(36(39)40)18-24(28)29(37)34(5)26-12-9-21(31)17-27(26)42-14-8-13-32/h8-15,18-21H,6-7,16-17H2,1-5H3,(H,39,43)(H,40,44);9-12,15-18H,6-8,14H2,1-5H3,(H,33,38). The van der Waals surface area contributed by atoms with Crippen LogP contribution in [-0.4, -0.2) is 107 Å². The second-order valence-corrected chi connectivity index (χ2v) is 24.6. The summed E-state index contributed by atoms with van der Waals surface area (Å²) in [6.07, 6.45) is -2.83. The maximum Gasteiger partial charge on any atom is 0.513 e. The monoisotopic (exact) mass is 1370 g/mol. The first kappa shape index (κ1) is 74.1. The van der Waals surface area contributed by atoms with Gasteiger partial charge in [-0.3, -0.25) is 40.5 Å². The molecular weight excluding hydrogens is 1300 g/mol. The van der Waals surface area contributed by atoms with Gasteiger partial charge in [0.05, 0.1) is 67.8 Å². The number of amides is 4. The number of nitriles is 2. The molecule has 0 radical (unpaired) electrons. The average Bonchev–Trinajstić information content (AvgIpc) is 0.913. The number of nitro groups is 2. The van der Waals surface area contributed by atoms with Crippen molar-refractivity contribution in [3.05, 3.63) is 186 Å². The molecule has 0 aliphatic heterocycles. The highest BCUT2D eigenvalue weighted by molar-refractivity contribution is 7.99. The van der Waals surface area contributed by atoms with Gasteiger partial charge in [-0.1, -0.05) is 11.6 Å². The Hall–Kier alpha value is -10.9. The Kier molecular flexibility index (Phi) is 26.5. The van der Waals surface area contributed by atoms with Crippen molar-refractivity contribution in [3.8, 4) is 35.1 Å². The van der Waals surface area contributed by atoms with E-state index in [2.05, 4.69) is 45.7 Å². The van der Waals surface area contributed by atoms with Crippen molar-refractivity contribution in [2.75, 3.05) is 89.1 Å². The second kappa shape index (κ2) is 34.3. The summed E-state index contributed by atoms with van der Waals surface area (Å²) in [6.45, 7) is 17.5. The van der Waals surface area contributed by atoms with Crippen LogP contribution in [0.5, 0.6) is 23.0 Å². The van der Waals surface area contributed by atoms with Gasteiger partial charge >= 0.3 is 18.3 Å². The van der Waals surface area contributed by atoms with E-state index in [1.165, 1.54) is 93.2 Å². The zero-order valence-electron chi connectivity index (χ0n) is 54.1. The maximum absolute atomic E-state index is 13.8. The Balaban J connectivity index is 0.000000313. The number of anilines is 6. The number of carbonyl (C=O) groups excluding carboxylic acids is 5. The minimum atomic E-state index is -3.88. The Morgan fingerprint density at radius 1 is 0.635 bits per heavy atom. The van der Waals surface area contributed by atoms with Crippen LogP contribution in [0, 0.1) is 70.6 Å². The van der Waals surface area contributed by atoms with Crippen LogP contribution < -0.4 is 49.6 Å². The van der Waals surface area contributed by atoms with Gasteiger partial charge in [-0.05, 0) is 169 Å². The van der Waals surface area contributed by atoms with Crippen LogP contribution in [-0.2, 0) is 14.6 Å². The molecule has 0 unspecified atom stereocenters. The first-order valence-electron chi connectivity index (χ1n) is 29.6. The fraction of sp³-hybridized carbons (Fsp3) is 0.269. The SMILES string of the molecule is CCN(CC)c1ccc(NC(=O)Oc2c(C)cc([N+](=O)[O-])cc2C(=O)N(C)c2ccc(Cl)cc2SCCC#N)c(C)c1.CCN(CC)c1ccc(NC(=O)Oc2c(C)cc([N+](=O)[O-])cc2C(=O)Nc2ccc(OC)cc2OC(=O)OCCS(=O)(=O)c2ccc(C#N)cc2)c(C)c1. The number of nitrogens with one attached hydrogen (secondary N) is 3. The molecule has 7 rings (SSSR count). The van der Waals surface area contributed by atoms with Crippen molar-refractivity contribution in [2.24, 2.45) is 0 Å². The number of rotatable bonds is 25. The van der Waals surface area contributed by atoms with Gasteiger partial charge in [0.25, 0.3) is 23.2 Å².